The van der Waals surface area contributed by atoms with Crippen LogP contribution in [0.4, 0.5) is 0 Å². The lowest BCUT2D eigenvalue weighted by Gasteiger charge is -2.40. The van der Waals surface area contributed by atoms with Crippen LogP contribution in [0.25, 0.3) is 0 Å². The van der Waals surface area contributed by atoms with Gasteiger partial charge in [0.25, 0.3) is 0 Å². The maximum Gasteiger partial charge on any atom is 0.0115 e. The van der Waals surface area contributed by atoms with Gasteiger partial charge >= 0.3 is 0 Å². The van der Waals surface area contributed by atoms with E-state index >= 15 is 0 Å². The Morgan fingerprint density at radius 1 is 0.941 bits per heavy atom. The molecule has 0 aromatic heterocycles. The van der Waals surface area contributed by atoms with Crippen LogP contribution in [0.1, 0.15) is 46.0 Å². The molecule has 0 saturated carbocycles. The van der Waals surface area contributed by atoms with Gasteiger partial charge in [0, 0.05) is 31.2 Å². The molecule has 2 heterocycles. The van der Waals surface area contributed by atoms with Gasteiger partial charge in [-0.15, -0.1) is 0 Å². The molecule has 2 atom stereocenters. The summed E-state index contributed by atoms with van der Waals surface area (Å²) in [5.41, 5.74) is 5.94. The van der Waals surface area contributed by atoms with Crippen LogP contribution < -0.4 is 5.73 Å². The third-order valence-corrected chi connectivity index (χ3v) is 4.68. The molecule has 2 rings (SSSR count). The van der Waals surface area contributed by atoms with Crippen LogP contribution in [-0.2, 0) is 0 Å². The molecule has 3 heteroatoms. The molecule has 0 radical (unpaired) electrons. The summed E-state index contributed by atoms with van der Waals surface area (Å²) in [6.07, 6.45) is 6.55. The van der Waals surface area contributed by atoms with Crippen molar-refractivity contribution in [2.45, 2.75) is 64.1 Å². The molecule has 0 spiro atoms. The van der Waals surface area contributed by atoms with Crippen LogP contribution >= 0.6 is 0 Å². The Kier molecular flexibility index (Phi) is 4.83. The quantitative estimate of drug-likeness (QED) is 0.813. The number of nitrogens with two attached hydrogens (primary N) is 1. The Labute approximate surface area is 106 Å². The Bertz CT molecular complexity index is 214. The van der Waals surface area contributed by atoms with E-state index in [4.69, 9.17) is 5.73 Å². The number of nitrogens with zero attached hydrogens (tertiary/aromatic N) is 2. The average molecular weight is 239 g/mol. The smallest absolute Gasteiger partial charge is 0.0115 e. The average Bonchev–Trinajstić information content (AvgIpc) is 2.31. The van der Waals surface area contributed by atoms with Gasteiger partial charge in [-0.2, -0.15) is 0 Å². The third kappa shape index (κ3) is 3.67. The molecule has 0 aromatic carbocycles. The standard InChI is InChI=1S/C14H29N3/c1-12-4-3-5-13(2)17(12)11-10-16-8-6-14(15)7-9-16/h12-14H,3-11,15H2,1-2H3. The molecule has 2 aliphatic heterocycles. The number of hydrogen-bond donors (Lipinski definition) is 1. The molecular weight excluding hydrogens is 210 g/mol. The summed E-state index contributed by atoms with van der Waals surface area (Å²) in [5, 5.41) is 0. The van der Waals surface area contributed by atoms with Crippen molar-refractivity contribution in [3.05, 3.63) is 0 Å². The van der Waals surface area contributed by atoms with E-state index in [2.05, 4.69) is 23.6 Å². The van der Waals surface area contributed by atoms with E-state index in [1.54, 1.807) is 0 Å². The summed E-state index contributed by atoms with van der Waals surface area (Å²) < 4.78 is 0. The van der Waals surface area contributed by atoms with Gasteiger partial charge in [-0.05, 0) is 52.6 Å². The highest BCUT2D eigenvalue weighted by Gasteiger charge is 2.25. The molecule has 2 aliphatic rings. The van der Waals surface area contributed by atoms with Gasteiger partial charge < -0.3 is 10.6 Å². The van der Waals surface area contributed by atoms with Gasteiger partial charge in [0.15, 0.2) is 0 Å². The van der Waals surface area contributed by atoms with Crippen LogP contribution in [-0.4, -0.2) is 54.1 Å². The Balaban J connectivity index is 1.73. The highest BCUT2D eigenvalue weighted by Crippen LogP contribution is 2.22. The molecule has 2 N–H and O–H groups in total. The molecule has 0 aliphatic carbocycles. The number of hydrogen-bond acceptors (Lipinski definition) is 3. The normalized spacial score (nSPS) is 34.1. The van der Waals surface area contributed by atoms with Crippen LogP contribution in [0.5, 0.6) is 0 Å². The Hall–Kier alpha value is -0.120. The fourth-order valence-electron chi connectivity index (χ4n) is 3.35. The van der Waals surface area contributed by atoms with Crippen molar-refractivity contribution in [1.29, 1.82) is 0 Å². The van der Waals surface area contributed by atoms with Crippen LogP contribution in [0.15, 0.2) is 0 Å². The van der Waals surface area contributed by atoms with Crippen LogP contribution in [0.3, 0.4) is 0 Å². The minimum absolute atomic E-state index is 0.457. The van der Waals surface area contributed by atoms with E-state index in [1.165, 1.54) is 58.3 Å². The maximum atomic E-state index is 5.94. The molecule has 0 aromatic rings. The number of piperidine rings is 2. The zero-order valence-electron chi connectivity index (χ0n) is 11.6. The van der Waals surface area contributed by atoms with Crippen molar-refractivity contribution < 1.29 is 0 Å². The summed E-state index contributed by atoms with van der Waals surface area (Å²) >= 11 is 0. The molecule has 17 heavy (non-hydrogen) atoms. The first-order valence-electron chi connectivity index (χ1n) is 7.40. The maximum absolute atomic E-state index is 5.94. The van der Waals surface area contributed by atoms with Crippen molar-refractivity contribution in [1.82, 2.24) is 9.80 Å². The van der Waals surface area contributed by atoms with E-state index in [0.29, 0.717) is 6.04 Å². The van der Waals surface area contributed by atoms with Crippen LogP contribution in [0.2, 0.25) is 0 Å². The fourth-order valence-corrected chi connectivity index (χ4v) is 3.35. The predicted molar refractivity (Wildman–Crippen MR) is 73.1 cm³/mol. The lowest BCUT2D eigenvalue weighted by Crippen LogP contribution is -2.49. The van der Waals surface area contributed by atoms with E-state index in [9.17, 15) is 0 Å². The van der Waals surface area contributed by atoms with Crippen molar-refractivity contribution in [3.8, 4) is 0 Å². The van der Waals surface area contributed by atoms with Gasteiger partial charge in [-0.25, -0.2) is 0 Å². The topological polar surface area (TPSA) is 32.5 Å². The van der Waals surface area contributed by atoms with E-state index < -0.39 is 0 Å². The first kappa shape index (κ1) is 13.3. The molecule has 2 saturated heterocycles. The molecular formula is C14H29N3. The second-order valence-corrected chi connectivity index (χ2v) is 6.05. The monoisotopic (exact) mass is 239 g/mol. The van der Waals surface area contributed by atoms with Gasteiger partial charge in [-0.3, -0.25) is 4.90 Å². The van der Waals surface area contributed by atoms with E-state index in [1.807, 2.05) is 0 Å². The number of likely N-dealkylation sites (tertiary alicyclic amines) is 2. The van der Waals surface area contributed by atoms with Crippen molar-refractivity contribution in [3.63, 3.8) is 0 Å². The molecule has 0 bridgehead atoms. The van der Waals surface area contributed by atoms with Gasteiger partial charge in [-0.1, -0.05) is 6.42 Å². The van der Waals surface area contributed by atoms with Gasteiger partial charge in [0.05, 0.1) is 0 Å². The highest BCUT2D eigenvalue weighted by molar-refractivity contribution is 4.81. The fraction of sp³-hybridized carbons (Fsp3) is 1.00. The minimum atomic E-state index is 0.457. The Morgan fingerprint density at radius 3 is 2.12 bits per heavy atom. The molecule has 3 nitrogen and oxygen atoms in total. The summed E-state index contributed by atoms with van der Waals surface area (Å²) in [6.45, 7) is 9.68. The third-order valence-electron chi connectivity index (χ3n) is 4.68. The lowest BCUT2D eigenvalue weighted by molar-refractivity contribution is 0.0823. The first-order valence-corrected chi connectivity index (χ1v) is 7.40. The molecule has 2 unspecified atom stereocenters. The summed E-state index contributed by atoms with van der Waals surface area (Å²) in [7, 11) is 0. The van der Waals surface area contributed by atoms with E-state index in [-0.39, 0.29) is 0 Å². The SMILES string of the molecule is CC1CCCC(C)N1CCN1CCC(N)CC1. The van der Waals surface area contributed by atoms with Crippen molar-refractivity contribution >= 4 is 0 Å². The van der Waals surface area contributed by atoms with Crippen molar-refractivity contribution in [2.75, 3.05) is 26.2 Å². The second-order valence-electron chi connectivity index (χ2n) is 6.05. The van der Waals surface area contributed by atoms with Crippen LogP contribution in [0, 0.1) is 0 Å². The summed E-state index contributed by atoms with van der Waals surface area (Å²) in [6, 6.07) is 2.02. The molecule has 100 valence electrons. The zero-order chi connectivity index (χ0) is 12.3. The predicted octanol–water partition coefficient (Wildman–Crippen LogP) is 1.67. The number of rotatable bonds is 3. The minimum Gasteiger partial charge on any atom is -0.328 e. The summed E-state index contributed by atoms with van der Waals surface area (Å²) in [4.78, 5) is 5.30. The molecule has 0 amide bonds. The summed E-state index contributed by atoms with van der Waals surface area (Å²) in [5.74, 6) is 0. The molecule has 2 fully saturated rings. The van der Waals surface area contributed by atoms with Gasteiger partial charge in [0.1, 0.15) is 0 Å². The zero-order valence-corrected chi connectivity index (χ0v) is 11.6. The van der Waals surface area contributed by atoms with E-state index in [0.717, 1.165) is 12.1 Å². The Morgan fingerprint density at radius 2 is 1.53 bits per heavy atom. The largest absolute Gasteiger partial charge is 0.328 e. The second kappa shape index (κ2) is 6.17. The van der Waals surface area contributed by atoms with Gasteiger partial charge in [0.2, 0.25) is 0 Å². The first-order chi connectivity index (χ1) is 8.16. The lowest BCUT2D eigenvalue weighted by atomic mass is 9.97. The van der Waals surface area contributed by atoms with Crippen molar-refractivity contribution in [2.24, 2.45) is 5.73 Å². The highest BCUT2D eigenvalue weighted by atomic mass is 15.2.